The number of thioether (sulfide) groups is 1. The largest absolute Gasteiger partial charge is 0.507 e. The van der Waals surface area contributed by atoms with E-state index in [-0.39, 0.29) is 23.1 Å². The van der Waals surface area contributed by atoms with Gasteiger partial charge in [-0.25, -0.2) is 0 Å². The SMILES string of the molecule is C=CCOc1ccc(C2/C(=C(\O)c3ccc(C)cc3)C(=O)C(=O)N2c2nnc(SCc3ccccc3)s2)cc1OCC. The van der Waals surface area contributed by atoms with Crippen molar-refractivity contribution >= 4 is 45.7 Å². The first-order chi connectivity index (χ1) is 20.4. The third kappa shape index (κ3) is 6.09. The molecular weight excluding hydrogens is 571 g/mol. The molecule has 0 spiro atoms. The molecule has 0 aliphatic carbocycles. The lowest BCUT2D eigenvalue weighted by atomic mass is 9.95. The summed E-state index contributed by atoms with van der Waals surface area (Å²) < 4.78 is 12.3. The quantitative estimate of drug-likeness (QED) is 0.0506. The molecule has 1 aliphatic heterocycles. The monoisotopic (exact) mass is 599 g/mol. The molecule has 1 amide bonds. The van der Waals surface area contributed by atoms with Crippen LogP contribution < -0.4 is 14.4 Å². The number of carbonyl (C=O) groups is 2. The third-order valence-corrected chi connectivity index (χ3v) is 8.64. The van der Waals surface area contributed by atoms with E-state index in [0.717, 1.165) is 11.1 Å². The van der Waals surface area contributed by atoms with Gasteiger partial charge in [0.2, 0.25) is 5.13 Å². The van der Waals surface area contributed by atoms with Crippen LogP contribution >= 0.6 is 23.1 Å². The van der Waals surface area contributed by atoms with Crippen molar-refractivity contribution in [1.29, 1.82) is 0 Å². The summed E-state index contributed by atoms with van der Waals surface area (Å²) in [6, 6.07) is 21.3. The van der Waals surface area contributed by atoms with E-state index in [4.69, 9.17) is 9.47 Å². The maximum Gasteiger partial charge on any atom is 0.301 e. The number of aliphatic hydroxyl groups is 1. The average molecular weight is 600 g/mol. The van der Waals surface area contributed by atoms with E-state index in [1.54, 1.807) is 36.4 Å². The van der Waals surface area contributed by atoms with E-state index in [1.165, 1.54) is 28.0 Å². The second kappa shape index (κ2) is 13.1. The second-order valence-corrected chi connectivity index (χ2v) is 11.6. The number of aromatic nitrogens is 2. The summed E-state index contributed by atoms with van der Waals surface area (Å²) in [6.45, 7) is 8.12. The number of ketones is 1. The van der Waals surface area contributed by atoms with E-state index in [2.05, 4.69) is 16.8 Å². The number of amides is 1. The van der Waals surface area contributed by atoms with Gasteiger partial charge in [-0.15, -0.1) is 10.2 Å². The molecule has 0 radical (unpaired) electrons. The number of hydrogen-bond acceptors (Lipinski definition) is 9. The highest BCUT2D eigenvalue weighted by Crippen LogP contribution is 2.45. The summed E-state index contributed by atoms with van der Waals surface area (Å²) >= 11 is 2.71. The highest BCUT2D eigenvalue weighted by Gasteiger charge is 2.48. The molecule has 2 heterocycles. The zero-order valence-corrected chi connectivity index (χ0v) is 24.8. The van der Waals surface area contributed by atoms with Crippen molar-refractivity contribution in [3.63, 3.8) is 0 Å². The van der Waals surface area contributed by atoms with Crippen LogP contribution in [0, 0.1) is 6.92 Å². The maximum absolute atomic E-state index is 13.6. The van der Waals surface area contributed by atoms with Gasteiger partial charge in [0, 0.05) is 11.3 Å². The summed E-state index contributed by atoms with van der Waals surface area (Å²) in [5.41, 5.74) is 3.05. The number of carbonyl (C=O) groups excluding carboxylic acids is 2. The number of benzene rings is 3. The molecule has 214 valence electrons. The number of anilines is 1. The Balaban J connectivity index is 1.59. The Kier molecular flexibility index (Phi) is 9.04. The smallest absolute Gasteiger partial charge is 0.301 e. The molecular formula is C32H29N3O5S2. The zero-order valence-electron chi connectivity index (χ0n) is 23.1. The topological polar surface area (TPSA) is 102 Å². The Morgan fingerprint density at radius 1 is 1.05 bits per heavy atom. The van der Waals surface area contributed by atoms with Gasteiger partial charge in [-0.2, -0.15) is 0 Å². The number of ether oxygens (including phenoxy) is 2. The van der Waals surface area contributed by atoms with Gasteiger partial charge in [0.15, 0.2) is 15.8 Å². The summed E-state index contributed by atoms with van der Waals surface area (Å²) in [5, 5.41) is 20.3. The van der Waals surface area contributed by atoms with Crippen molar-refractivity contribution in [2.75, 3.05) is 18.1 Å². The van der Waals surface area contributed by atoms with Crippen molar-refractivity contribution in [3.05, 3.63) is 113 Å². The number of nitrogens with zero attached hydrogens (tertiary/aromatic N) is 3. The molecule has 0 saturated carbocycles. The number of hydrogen-bond donors (Lipinski definition) is 1. The van der Waals surface area contributed by atoms with Gasteiger partial charge in [0.05, 0.1) is 18.2 Å². The predicted octanol–water partition coefficient (Wildman–Crippen LogP) is 6.73. The molecule has 5 rings (SSSR count). The second-order valence-electron chi connectivity index (χ2n) is 9.40. The maximum atomic E-state index is 13.6. The van der Waals surface area contributed by atoms with Crippen LogP contribution in [-0.2, 0) is 15.3 Å². The third-order valence-electron chi connectivity index (χ3n) is 6.52. The first-order valence-corrected chi connectivity index (χ1v) is 15.1. The first kappa shape index (κ1) is 29.1. The van der Waals surface area contributed by atoms with E-state index in [0.29, 0.717) is 39.3 Å². The van der Waals surface area contributed by atoms with E-state index in [9.17, 15) is 14.7 Å². The summed E-state index contributed by atoms with van der Waals surface area (Å²) in [6.07, 6.45) is 1.63. The molecule has 4 aromatic rings. The fourth-order valence-electron chi connectivity index (χ4n) is 4.52. The van der Waals surface area contributed by atoms with Gasteiger partial charge in [-0.05, 0) is 37.1 Å². The number of rotatable bonds is 11. The minimum Gasteiger partial charge on any atom is -0.507 e. The van der Waals surface area contributed by atoms with Crippen molar-refractivity contribution in [1.82, 2.24) is 10.2 Å². The molecule has 10 heteroatoms. The number of Topliss-reactive ketones (excluding diaryl/α,β-unsaturated/α-hetero) is 1. The van der Waals surface area contributed by atoms with Crippen LogP contribution in [0.4, 0.5) is 5.13 Å². The van der Waals surface area contributed by atoms with Gasteiger partial charge >= 0.3 is 5.91 Å². The lowest BCUT2D eigenvalue weighted by Gasteiger charge is -2.23. The molecule has 1 N–H and O–H groups in total. The first-order valence-electron chi connectivity index (χ1n) is 13.3. The molecule has 42 heavy (non-hydrogen) atoms. The van der Waals surface area contributed by atoms with Crippen molar-refractivity contribution < 1.29 is 24.2 Å². The predicted molar refractivity (Wildman–Crippen MR) is 165 cm³/mol. The van der Waals surface area contributed by atoms with Crippen LogP contribution in [0.3, 0.4) is 0 Å². The Labute approximate surface area is 252 Å². The normalized spacial score (nSPS) is 16.0. The lowest BCUT2D eigenvalue weighted by Crippen LogP contribution is -2.29. The Hall–Kier alpha value is -4.41. The van der Waals surface area contributed by atoms with Gasteiger partial charge in [0.1, 0.15) is 12.4 Å². The summed E-state index contributed by atoms with van der Waals surface area (Å²) in [4.78, 5) is 28.5. The lowest BCUT2D eigenvalue weighted by molar-refractivity contribution is -0.132. The Morgan fingerprint density at radius 3 is 2.52 bits per heavy atom. The average Bonchev–Trinajstić information content (AvgIpc) is 3.58. The zero-order chi connectivity index (χ0) is 29.6. The van der Waals surface area contributed by atoms with E-state index >= 15 is 0 Å². The number of aliphatic hydroxyl groups excluding tert-OH is 1. The summed E-state index contributed by atoms with van der Waals surface area (Å²) in [5.74, 6) is -0.268. The minimum absolute atomic E-state index is 0.0419. The molecule has 0 bridgehead atoms. The van der Waals surface area contributed by atoms with Crippen LogP contribution in [0.25, 0.3) is 5.76 Å². The van der Waals surface area contributed by atoms with Crippen LogP contribution in [0.1, 0.15) is 35.2 Å². The molecule has 1 atom stereocenters. The fraction of sp³-hybridized carbons (Fsp3) is 0.188. The van der Waals surface area contributed by atoms with Gasteiger partial charge in [-0.1, -0.05) is 102 Å². The molecule has 1 unspecified atom stereocenters. The summed E-state index contributed by atoms with van der Waals surface area (Å²) in [7, 11) is 0. The van der Waals surface area contributed by atoms with E-state index in [1.807, 2.05) is 56.3 Å². The van der Waals surface area contributed by atoms with Crippen molar-refractivity contribution in [3.8, 4) is 11.5 Å². The van der Waals surface area contributed by atoms with Gasteiger partial charge < -0.3 is 14.6 Å². The molecule has 3 aromatic carbocycles. The molecule has 1 fully saturated rings. The fourth-order valence-corrected chi connectivity index (χ4v) is 6.34. The van der Waals surface area contributed by atoms with Crippen LogP contribution in [-0.4, -0.2) is 40.2 Å². The van der Waals surface area contributed by atoms with Crippen LogP contribution in [0.5, 0.6) is 11.5 Å². The van der Waals surface area contributed by atoms with Crippen LogP contribution in [0.2, 0.25) is 0 Å². The minimum atomic E-state index is -0.973. The highest BCUT2D eigenvalue weighted by molar-refractivity contribution is 8.00. The molecule has 8 nitrogen and oxygen atoms in total. The molecule has 1 saturated heterocycles. The van der Waals surface area contributed by atoms with Crippen molar-refractivity contribution in [2.24, 2.45) is 0 Å². The van der Waals surface area contributed by atoms with E-state index < -0.39 is 17.7 Å². The highest BCUT2D eigenvalue weighted by atomic mass is 32.2. The Bertz CT molecular complexity index is 1630. The van der Waals surface area contributed by atoms with Gasteiger partial charge in [0.25, 0.3) is 5.78 Å². The number of aryl methyl sites for hydroxylation is 1. The van der Waals surface area contributed by atoms with Gasteiger partial charge in [-0.3, -0.25) is 14.5 Å². The standard InChI is InChI=1S/C32H29N3O5S2/c1-4-17-40-24-16-15-23(18-25(24)39-5-2)27-26(28(36)22-13-11-20(3)12-14-22)29(37)30(38)35(27)31-33-34-32(42-31)41-19-21-9-7-6-8-10-21/h4,6-16,18,27,36H,1,5,17,19H2,2-3H3/b28-26+. The van der Waals surface area contributed by atoms with Crippen LogP contribution in [0.15, 0.2) is 95.4 Å². The Morgan fingerprint density at radius 2 is 1.81 bits per heavy atom. The molecule has 1 aromatic heterocycles. The molecule has 1 aliphatic rings. The van der Waals surface area contributed by atoms with Crippen molar-refractivity contribution in [2.45, 2.75) is 30.0 Å².